The van der Waals surface area contributed by atoms with Crippen LogP contribution in [0, 0.1) is 0 Å². The van der Waals surface area contributed by atoms with E-state index in [0.717, 1.165) is 5.69 Å². The van der Waals surface area contributed by atoms with Gasteiger partial charge < -0.3 is 15.2 Å². The maximum absolute atomic E-state index is 12.6. The van der Waals surface area contributed by atoms with Crippen molar-refractivity contribution in [3.8, 4) is 0 Å². The van der Waals surface area contributed by atoms with Crippen molar-refractivity contribution in [2.75, 3.05) is 16.8 Å². The van der Waals surface area contributed by atoms with Crippen LogP contribution in [0.1, 0.15) is 45.0 Å². The van der Waals surface area contributed by atoms with Gasteiger partial charge in [0.15, 0.2) is 0 Å². The Labute approximate surface area is 130 Å². The molecule has 0 aliphatic carbocycles. The van der Waals surface area contributed by atoms with Crippen LogP contribution in [0.3, 0.4) is 0 Å². The van der Waals surface area contributed by atoms with Gasteiger partial charge in [0.2, 0.25) is 0 Å². The molecule has 1 aliphatic heterocycles. The highest BCUT2D eigenvalue weighted by molar-refractivity contribution is 5.98. The van der Waals surface area contributed by atoms with Gasteiger partial charge in [-0.15, -0.1) is 0 Å². The molecule has 0 atom stereocenters. The SMILES string of the molecule is CC(C)(C)OC(=O)N1c2cc(C(=O)O)ccc2NCC1(C)C. The molecule has 6 nitrogen and oxygen atoms in total. The molecule has 1 aliphatic rings. The highest BCUT2D eigenvalue weighted by Gasteiger charge is 2.39. The molecule has 1 aromatic carbocycles. The molecule has 0 unspecified atom stereocenters. The molecule has 1 amide bonds. The number of rotatable bonds is 1. The van der Waals surface area contributed by atoms with E-state index >= 15 is 0 Å². The van der Waals surface area contributed by atoms with Gasteiger partial charge in [0.25, 0.3) is 0 Å². The summed E-state index contributed by atoms with van der Waals surface area (Å²) < 4.78 is 5.48. The van der Waals surface area contributed by atoms with E-state index in [9.17, 15) is 14.7 Å². The molecule has 120 valence electrons. The van der Waals surface area contributed by atoms with Gasteiger partial charge in [-0.3, -0.25) is 4.90 Å². The van der Waals surface area contributed by atoms with Crippen LogP contribution >= 0.6 is 0 Å². The van der Waals surface area contributed by atoms with E-state index in [-0.39, 0.29) is 5.56 Å². The molecular weight excluding hydrogens is 284 g/mol. The standard InChI is InChI=1S/C16H22N2O4/c1-15(2,3)22-14(21)18-12-8-10(13(19)20)6-7-11(12)17-9-16(18,4)5/h6-8,17H,9H2,1-5H3,(H,19,20). The topological polar surface area (TPSA) is 78.9 Å². The van der Waals surface area contributed by atoms with Crippen LogP contribution in [0.25, 0.3) is 0 Å². The number of fused-ring (bicyclic) bond motifs is 1. The number of ether oxygens (including phenoxy) is 1. The number of anilines is 2. The molecule has 2 rings (SSSR count). The predicted molar refractivity (Wildman–Crippen MR) is 84.7 cm³/mol. The maximum Gasteiger partial charge on any atom is 0.415 e. The fourth-order valence-corrected chi connectivity index (χ4v) is 2.37. The van der Waals surface area contributed by atoms with Crippen LogP contribution in [-0.2, 0) is 4.74 Å². The quantitative estimate of drug-likeness (QED) is 0.832. The zero-order chi connectivity index (χ0) is 16.7. The summed E-state index contributed by atoms with van der Waals surface area (Å²) in [5.41, 5.74) is 0.210. The first-order valence-corrected chi connectivity index (χ1v) is 7.16. The predicted octanol–water partition coefficient (Wildman–Crippen LogP) is 3.33. The van der Waals surface area contributed by atoms with Crippen LogP contribution in [0.5, 0.6) is 0 Å². The number of carboxylic acids is 1. The third-order valence-corrected chi connectivity index (χ3v) is 3.38. The lowest BCUT2D eigenvalue weighted by molar-refractivity contribution is 0.0545. The Bertz CT molecular complexity index is 617. The van der Waals surface area contributed by atoms with Gasteiger partial charge in [0, 0.05) is 6.54 Å². The number of benzene rings is 1. The summed E-state index contributed by atoms with van der Waals surface area (Å²) in [6.07, 6.45) is -0.484. The van der Waals surface area contributed by atoms with E-state index in [1.165, 1.54) is 17.0 Å². The molecule has 1 aromatic rings. The molecule has 0 saturated carbocycles. The molecule has 0 saturated heterocycles. The van der Waals surface area contributed by atoms with Gasteiger partial charge in [-0.1, -0.05) is 0 Å². The number of hydrogen-bond acceptors (Lipinski definition) is 4. The average molecular weight is 306 g/mol. The van der Waals surface area contributed by atoms with E-state index < -0.39 is 23.2 Å². The first-order valence-electron chi connectivity index (χ1n) is 7.16. The second kappa shape index (κ2) is 5.19. The van der Waals surface area contributed by atoms with Gasteiger partial charge in [-0.2, -0.15) is 0 Å². The largest absolute Gasteiger partial charge is 0.478 e. The van der Waals surface area contributed by atoms with Crippen molar-refractivity contribution in [1.82, 2.24) is 0 Å². The summed E-state index contributed by atoms with van der Waals surface area (Å²) in [7, 11) is 0. The Hall–Kier alpha value is -2.24. The molecule has 1 heterocycles. The number of carbonyl (C=O) groups is 2. The number of hydrogen-bond donors (Lipinski definition) is 2. The number of amides is 1. The lowest BCUT2D eigenvalue weighted by atomic mass is 9.97. The fraction of sp³-hybridized carbons (Fsp3) is 0.500. The van der Waals surface area contributed by atoms with Crippen LogP contribution in [0.2, 0.25) is 0 Å². The minimum absolute atomic E-state index is 0.131. The van der Waals surface area contributed by atoms with Crippen molar-refractivity contribution in [3.63, 3.8) is 0 Å². The van der Waals surface area contributed by atoms with E-state index in [0.29, 0.717) is 12.2 Å². The lowest BCUT2D eigenvalue weighted by Crippen LogP contribution is -2.56. The zero-order valence-corrected chi connectivity index (χ0v) is 13.6. The summed E-state index contributed by atoms with van der Waals surface area (Å²) in [5.74, 6) is -1.03. The van der Waals surface area contributed by atoms with Gasteiger partial charge in [0.05, 0.1) is 22.5 Å². The summed E-state index contributed by atoms with van der Waals surface area (Å²) in [4.78, 5) is 25.3. The van der Waals surface area contributed by atoms with Gasteiger partial charge in [-0.05, 0) is 52.8 Å². The van der Waals surface area contributed by atoms with Crippen LogP contribution < -0.4 is 10.2 Å². The molecule has 0 aromatic heterocycles. The van der Waals surface area contributed by atoms with Gasteiger partial charge >= 0.3 is 12.1 Å². The van der Waals surface area contributed by atoms with Gasteiger partial charge in [0.1, 0.15) is 5.60 Å². The smallest absolute Gasteiger partial charge is 0.415 e. The number of carboxylic acid groups (broad SMARTS) is 1. The molecule has 0 fully saturated rings. The van der Waals surface area contributed by atoms with Crippen LogP contribution in [0.15, 0.2) is 18.2 Å². The normalized spacial score (nSPS) is 16.5. The monoisotopic (exact) mass is 306 g/mol. The maximum atomic E-state index is 12.6. The second-order valence-electron chi connectivity index (χ2n) is 7.02. The van der Waals surface area contributed by atoms with E-state index in [1.807, 2.05) is 13.8 Å². The van der Waals surface area contributed by atoms with E-state index in [2.05, 4.69) is 5.32 Å². The Morgan fingerprint density at radius 2 is 1.95 bits per heavy atom. The minimum atomic E-state index is -1.03. The van der Waals surface area contributed by atoms with Crippen molar-refractivity contribution in [1.29, 1.82) is 0 Å². The number of nitrogens with zero attached hydrogens (tertiary/aromatic N) is 1. The van der Waals surface area contributed by atoms with Crippen molar-refractivity contribution < 1.29 is 19.4 Å². The third-order valence-electron chi connectivity index (χ3n) is 3.38. The van der Waals surface area contributed by atoms with Crippen LogP contribution in [-0.4, -0.2) is 34.9 Å². The lowest BCUT2D eigenvalue weighted by Gasteiger charge is -2.44. The Balaban J connectivity index is 2.49. The molecule has 2 N–H and O–H groups in total. The first kappa shape index (κ1) is 16.1. The van der Waals surface area contributed by atoms with Gasteiger partial charge in [-0.25, -0.2) is 9.59 Å². The Morgan fingerprint density at radius 3 is 2.50 bits per heavy atom. The summed E-state index contributed by atoms with van der Waals surface area (Å²) in [6, 6.07) is 4.68. The number of aromatic carboxylic acids is 1. The van der Waals surface area contributed by atoms with Crippen molar-refractivity contribution >= 4 is 23.4 Å². The molecular formula is C16H22N2O4. The first-order chi connectivity index (χ1) is 10.0. The molecule has 22 heavy (non-hydrogen) atoms. The highest BCUT2D eigenvalue weighted by Crippen LogP contribution is 2.37. The third kappa shape index (κ3) is 3.16. The highest BCUT2D eigenvalue weighted by atomic mass is 16.6. The molecule has 0 bridgehead atoms. The van der Waals surface area contributed by atoms with Crippen LogP contribution in [0.4, 0.5) is 16.2 Å². The summed E-state index contributed by atoms with van der Waals surface area (Å²) in [5, 5.41) is 12.4. The number of carbonyl (C=O) groups excluding carboxylic acids is 1. The zero-order valence-electron chi connectivity index (χ0n) is 13.6. The van der Waals surface area contributed by atoms with Crippen molar-refractivity contribution in [3.05, 3.63) is 23.8 Å². The molecule has 0 radical (unpaired) electrons. The van der Waals surface area contributed by atoms with E-state index in [4.69, 9.17) is 4.74 Å². The van der Waals surface area contributed by atoms with Crippen molar-refractivity contribution in [2.45, 2.75) is 45.8 Å². The summed E-state index contributed by atoms with van der Waals surface area (Å²) >= 11 is 0. The second-order valence-corrected chi connectivity index (χ2v) is 7.02. The fourth-order valence-electron chi connectivity index (χ4n) is 2.37. The average Bonchev–Trinajstić information content (AvgIpc) is 2.34. The summed E-state index contributed by atoms with van der Waals surface area (Å²) in [6.45, 7) is 9.75. The number of nitrogens with one attached hydrogen (secondary N) is 1. The Morgan fingerprint density at radius 1 is 1.32 bits per heavy atom. The molecule has 6 heteroatoms. The molecule has 0 spiro atoms. The van der Waals surface area contributed by atoms with E-state index in [1.54, 1.807) is 26.8 Å². The minimum Gasteiger partial charge on any atom is -0.478 e. The van der Waals surface area contributed by atoms with Crippen molar-refractivity contribution in [2.24, 2.45) is 0 Å². The Kier molecular flexibility index (Phi) is 3.81.